The molecule has 0 atom stereocenters. The summed E-state index contributed by atoms with van der Waals surface area (Å²) in [7, 11) is 0. The summed E-state index contributed by atoms with van der Waals surface area (Å²) < 4.78 is 0. The van der Waals surface area contributed by atoms with Gasteiger partial charge in [-0.2, -0.15) is 0 Å². The van der Waals surface area contributed by atoms with Crippen LogP contribution in [0.1, 0.15) is 36.8 Å². The highest BCUT2D eigenvalue weighted by Gasteiger charge is 2.18. The molecular formula is C15H19N3O2. The van der Waals surface area contributed by atoms with Crippen LogP contribution in [0.25, 0.3) is 0 Å². The number of anilines is 1. The van der Waals surface area contributed by atoms with Crippen LogP contribution in [0.3, 0.4) is 0 Å². The zero-order valence-electron chi connectivity index (χ0n) is 11.4. The average Bonchev–Trinajstić information content (AvgIpc) is 3.04. The number of nitrogens with one attached hydrogen (secondary N) is 3. The monoisotopic (exact) mass is 273 g/mol. The van der Waals surface area contributed by atoms with Crippen LogP contribution < -0.4 is 16.0 Å². The number of hydrogen-bond acceptors (Lipinski definition) is 2. The molecule has 3 N–H and O–H groups in total. The summed E-state index contributed by atoms with van der Waals surface area (Å²) in [5.41, 5.74) is 2.90. The number of urea groups is 1. The van der Waals surface area contributed by atoms with Gasteiger partial charge in [-0.15, -0.1) is 0 Å². The standard InChI is InChI=1S/C15H19N3O2/c19-14-8-11-7-10(5-6-13(11)18-14)9-16-15(20)17-12-3-1-2-4-12/h5-7,12H,1-4,8-9H2,(H,18,19)(H2,16,17,20). The van der Waals surface area contributed by atoms with E-state index in [9.17, 15) is 9.59 Å². The Balaban J connectivity index is 1.52. The van der Waals surface area contributed by atoms with E-state index in [1.165, 1.54) is 12.8 Å². The van der Waals surface area contributed by atoms with Gasteiger partial charge < -0.3 is 16.0 Å². The van der Waals surface area contributed by atoms with E-state index in [1.54, 1.807) is 0 Å². The molecule has 0 bridgehead atoms. The summed E-state index contributed by atoms with van der Waals surface area (Å²) in [6.07, 6.45) is 5.01. The van der Waals surface area contributed by atoms with Crippen molar-refractivity contribution in [2.45, 2.75) is 44.7 Å². The van der Waals surface area contributed by atoms with Gasteiger partial charge in [0, 0.05) is 18.3 Å². The quantitative estimate of drug-likeness (QED) is 0.787. The lowest BCUT2D eigenvalue weighted by Crippen LogP contribution is -2.40. The highest BCUT2D eigenvalue weighted by atomic mass is 16.2. The largest absolute Gasteiger partial charge is 0.335 e. The molecule has 3 amide bonds. The maximum atomic E-state index is 11.8. The van der Waals surface area contributed by atoms with Crippen LogP contribution in [-0.4, -0.2) is 18.0 Å². The molecule has 1 aliphatic heterocycles. The lowest BCUT2D eigenvalue weighted by molar-refractivity contribution is -0.115. The highest BCUT2D eigenvalue weighted by Crippen LogP contribution is 2.23. The maximum absolute atomic E-state index is 11.8. The average molecular weight is 273 g/mol. The number of fused-ring (bicyclic) bond motifs is 1. The van der Waals surface area contributed by atoms with E-state index in [-0.39, 0.29) is 11.9 Å². The van der Waals surface area contributed by atoms with Gasteiger partial charge in [-0.3, -0.25) is 4.79 Å². The van der Waals surface area contributed by atoms with E-state index in [1.807, 2.05) is 18.2 Å². The second kappa shape index (κ2) is 5.53. The predicted molar refractivity (Wildman–Crippen MR) is 76.4 cm³/mol. The Hall–Kier alpha value is -2.04. The van der Waals surface area contributed by atoms with Gasteiger partial charge >= 0.3 is 6.03 Å². The number of hydrogen-bond donors (Lipinski definition) is 3. The second-order valence-electron chi connectivity index (χ2n) is 5.52. The molecule has 1 aromatic rings. The van der Waals surface area contributed by atoms with Crippen molar-refractivity contribution < 1.29 is 9.59 Å². The van der Waals surface area contributed by atoms with Gasteiger partial charge in [0.1, 0.15) is 0 Å². The lowest BCUT2D eigenvalue weighted by atomic mass is 10.1. The molecule has 3 rings (SSSR count). The Bertz CT molecular complexity index is 536. The van der Waals surface area contributed by atoms with Crippen molar-refractivity contribution in [1.82, 2.24) is 10.6 Å². The summed E-state index contributed by atoms with van der Waals surface area (Å²) >= 11 is 0. The van der Waals surface area contributed by atoms with Gasteiger partial charge in [0.05, 0.1) is 6.42 Å². The minimum absolute atomic E-state index is 0.0316. The van der Waals surface area contributed by atoms with E-state index in [2.05, 4.69) is 16.0 Å². The number of amides is 3. The van der Waals surface area contributed by atoms with E-state index in [4.69, 9.17) is 0 Å². The third kappa shape index (κ3) is 2.92. The summed E-state index contributed by atoms with van der Waals surface area (Å²) in [6, 6.07) is 6.03. The van der Waals surface area contributed by atoms with E-state index >= 15 is 0 Å². The van der Waals surface area contributed by atoms with Crippen LogP contribution >= 0.6 is 0 Å². The summed E-state index contributed by atoms with van der Waals surface area (Å²) in [6.45, 7) is 0.486. The van der Waals surface area contributed by atoms with Gasteiger partial charge in [-0.25, -0.2) is 4.79 Å². The lowest BCUT2D eigenvalue weighted by Gasteiger charge is -2.13. The minimum Gasteiger partial charge on any atom is -0.335 e. The first-order chi connectivity index (χ1) is 9.70. The first-order valence-corrected chi connectivity index (χ1v) is 7.17. The molecule has 5 heteroatoms. The molecule has 0 aromatic heterocycles. The molecule has 1 aromatic carbocycles. The molecule has 0 spiro atoms. The number of rotatable bonds is 3. The molecule has 0 radical (unpaired) electrons. The third-order valence-electron chi connectivity index (χ3n) is 3.94. The smallest absolute Gasteiger partial charge is 0.315 e. The Kier molecular flexibility index (Phi) is 3.58. The fourth-order valence-corrected chi connectivity index (χ4v) is 2.88. The Morgan fingerprint density at radius 2 is 2.10 bits per heavy atom. The van der Waals surface area contributed by atoms with E-state index in [0.29, 0.717) is 19.0 Å². The first-order valence-electron chi connectivity index (χ1n) is 7.17. The molecule has 1 heterocycles. The van der Waals surface area contributed by atoms with Crippen LogP contribution in [0.15, 0.2) is 18.2 Å². The van der Waals surface area contributed by atoms with Crippen molar-refractivity contribution in [2.24, 2.45) is 0 Å². The van der Waals surface area contributed by atoms with Crippen LogP contribution in [0.2, 0.25) is 0 Å². The van der Waals surface area contributed by atoms with Gasteiger partial charge in [0.25, 0.3) is 0 Å². The van der Waals surface area contributed by atoms with Crippen molar-refractivity contribution in [2.75, 3.05) is 5.32 Å². The minimum atomic E-state index is -0.105. The topological polar surface area (TPSA) is 70.2 Å². The van der Waals surface area contributed by atoms with Crippen molar-refractivity contribution in [1.29, 1.82) is 0 Å². The Morgan fingerprint density at radius 3 is 2.90 bits per heavy atom. The molecule has 2 aliphatic rings. The fourth-order valence-electron chi connectivity index (χ4n) is 2.88. The van der Waals surface area contributed by atoms with Crippen molar-refractivity contribution >= 4 is 17.6 Å². The second-order valence-corrected chi connectivity index (χ2v) is 5.52. The van der Waals surface area contributed by atoms with E-state index in [0.717, 1.165) is 29.7 Å². The van der Waals surface area contributed by atoms with Crippen LogP contribution in [0, 0.1) is 0 Å². The van der Waals surface area contributed by atoms with Crippen molar-refractivity contribution in [3.05, 3.63) is 29.3 Å². The predicted octanol–water partition coefficient (Wildman–Crippen LogP) is 1.92. The fraction of sp³-hybridized carbons (Fsp3) is 0.467. The summed E-state index contributed by atoms with van der Waals surface area (Å²) in [5.74, 6) is 0.0316. The number of benzene rings is 1. The molecule has 1 fully saturated rings. The molecular weight excluding hydrogens is 254 g/mol. The first kappa shape index (κ1) is 13.0. The molecule has 1 aliphatic carbocycles. The number of carbonyl (C=O) groups is 2. The van der Waals surface area contributed by atoms with Crippen molar-refractivity contribution in [3.63, 3.8) is 0 Å². The third-order valence-corrected chi connectivity index (χ3v) is 3.94. The zero-order chi connectivity index (χ0) is 13.9. The molecule has 0 unspecified atom stereocenters. The maximum Gasteiger partial charge on any atom is 0.315 e. The van der Waals surface area contributed by atoms with Crippen LogP contribution in [0.4, 0.5) is 10.5 Å². The molecule has 5 nitrogen and oxygen atoms in total. The zero-order valence-corrected chi connectivity index (χ0v) is 11.4. The van der Waals surface area contributed by atoms with Gasteiger partial charge in [0.2, 0.25) is 5.91 Å². The SMILES string of the molecule is O=C1Cc2cc(CNC(=O)NC3CCCC3)ccc2N1. The van der Waals surface area contributed by atoms with Crippen LogP contribution in [0.5, 0.6) is 0 Å². The number of carbonyl (C=O) groups excluding carboxylic acids is 2. The molecule has 106 valence electrons. The van der Waals surface area contributed by atoms with E-state index < -0.39 is 0 Å². The van der Waals surface area contributed by atoms with Crippen LogP contribution in [-0.2, 0) is 17.8 Å². The van der Waals surface area contributed by atoms with Crippen molar-refractivity contribution in [3.8, 4) is 0 Å². The normalized spacial score (nSPS) is 17.7. The molecule has 0 saturated heterocycles. The summed E-state index contributed by atoms with van der Waals surface area (Å²) in [5, 5.41) is 8.66. The summed E-state index contributed by atoms with van der Waals surface area (Å²) in [4.78, 5) is 23.0. The molecule has 1 saturated carbocycles. The van der Waals surface area contributed by atoms with Gasteiger partial charge in [-0.1, -0.05) is 25.0 Å². The Labute approximate surface area is 118 Å². The Morgan fingerprint density at radius 1 is 1.30 bits per heavy atom. The van der Waals surface area contributed by atoms with Gasteiger partial charge in [0.15, 0.2) is 0 Å². The molecule has 20 heavy (non-hydrogen) atoms. The highest BCUT2D eigenvalue weighted by molar-refractivity contribution is 5.99. The van der Waals surface area contributed by atoms with Gasteiger partial charge in [-0.05, 0) is 30.0 Å².